The number of hydrogen-bond acceptors (Lipinski definition) is 2. The average molecular weight is 337 g/mol. The van der Waals surface area contributed by atoms with Crippen LogP contribution in [0.1, 0.15) is 28.8 Å². The minimum atomic E-state index is -0.156. The lowest BCUT2D eigenvalue weighted by Crippen LogP contribution is -2.49. The third kappa shape index (κ3) is 4.83. The highest BCUT2D eigenvalue weighted by atomic mass is 16.2. The van der Waals surface area contributed by atoms with E-state index in [0.29, 0.717) is 19.6 Å². The Balaban J connectivity index is 1.41. The largest absolute Gasteiger partial charge is 0.338 e. The van der Waals surface area contributed by atoms with E-state index in [1.807, 2.05) is 65.6 Å². The summed E-state index contributed by atoms with van der Waals surface area (Å²) < 4.78 is 0. The number of likely N-dealkylation sites (tertiary alicyclic amines) is 1. The van der Waals surface area contributed by atoms with Gasteiger partial charge < -0.3 is 15.5 Å². The van der Waals surface area contributed by atoms with Crippen molar-refractivity contribution >= 4 is 11.9 Å². The highest BCUT2D eigenvalue weighted by Gasteiger charge is 2.24. The maximum Gasteiger partial charge on any atom is 0.315 e. The van der Waals surface area contributed by atoms with Gasteiger partial charge in [0.2, 0.25) is 0 Å². The second-order valence-corrected chi connectivity index (χ2v) is 6.25. The van der Waals surface area contributed by atoms with Crippen LogP contribution < -0.4 is 10.6 Å². The molecule has 0 radical (unpaired) electrons. The molecule has 1 saturated heterocycles. The van der Waals surface area contributed by atoms with E-state index < -0.39 is 0 Å². The van der Waals surface area contributed by atoms with Crippen LogP contribution in [-0.4, -0.2) is 36.0 Å². The third-order valence-corrected chi connectivity index (χ3v) is 4.43. The summed E-state index contributed by atoms with van der Waals surface area (Å²) in [4.78, 5) is 26.3. The zero-order chi connectivity index (χ0) is 17.5. The van der Waals surface area contributed by atoms with Gasteiger partial charge in [-0.05, 0) is 30.5 Å². The molecule has 5 nitrogen and oxygen atoms in total. The molecule has 2 N–H and O–H groups in total. The minimum Gasteiger partial charge on any atom is -0.338 e. The lowest BCUT2D eigenvalue weighted by atomic mass is 10.0. The van der Waals surface area contributed by atoms with Crippen LogP contribution in [0.5, 0.6) is 0 Å². The van der Waals surface area contributed by atoms with E-state index in [1.54, 1.807) is 0 Å². The van der Waals surface area contributed by atoms with E-state index >= 15 is 0 Å². The van der Waals surface area contributed by atoms with E-state index in [9.17, 15) is 9.59 Å². The Kier molecular flexibility index (Phi) is 5.67. The van der Waals surface area contributed by atoms with Crippen molar-refractivity contribution in [1.29, 1.82) is 0 Å². The summed E-state index contributed by atoms with van der Waals surface area (Å²) in [6, 6.07) is 19.1. The Hall–Kier alpha value is -2.82. The van der Waals surface area contributed by atoms with Crippen LogP contribution in [0.25, 0.3) is 0 Å². The Morgan fingerprint density at radius 2 is 1.52 bits per heavy atom. The van der Waals surface area contributed by atoms with Gasteiger partial charge in [0.1, 0.15) is 0 Å². The molecule has 1 aliphatic rings. The van der Waals surface area contributed by atoms with Crippen molar-refractivity contribution in [1.82, 2.24) is 15.5 Å². The van der Waals surface area contributed by atoms with E-state index in [4.69, 9.17) is 0 Å². The number of rotatable bonds is 4. The van der Waals surface area contributed by atoms with E-state index in [0.717, 1.165) is 24.0 Å². The number of carbonyl (C=O) groups is 2. The number of piperidine rings is 1. The first kappa shape index (κ1) is 17.0. The van der Waals surface area contributed by atoms with Gasteiger partial charge in [-0.2, -0.15) is 0 Å². The van der Waals surface area contributed by atoms with Crippen molar-refractivity contribution in [2.24, 2.45) is 0 Å². The fourth-order valence-electron chi connectivity index (χ4n) is 3.00. The van der Waals surface area contributed by atoms with Crippen LogP contribution in [0.2, 0.25) is 0 Å². The lowest BCUT2D eigenvalue weighted by Gasteiger charge is -2.32. The van der Waals surface area contributed by atoms with Crippen LogP contribution >= 0.6 is 0 Å². The summed E-state index contributed by atoms with van der Waals surface area (Å²) >= 11 is 0. The molecule has 130 valence electrons. The first-order valence-corrected chi connectivity index (χ1v) is 8.65. The molecule has 0 bridgehead atoms. The molecule has 3 amide bonds. The van der Waals surface area contributed by atoms with Gasteiger partial charge in [0, 0.05) is 31.2 Å². The summed E-state index contributed by atoms with van der Waals surface area (Å²) in [6.45, 7) is 1.84. The maximum absolute atomic E-state index is 12.4. The smallest absolute Gasteiger partial charge is 0.315 e. The number of carbonyl (C=O) groups excluding carboxylic acids is 2. The zero-order valence-electron chi connectivity index (χ0n) is 14.2. The summed E-state index contributed by atoms with van der Waals surface area (Å²) in [5.41, 5.74) is 1.79. The van der Waals surface area contributed by atoms with Gasteiger partial charge in [0.15, 0.2) is 0 Å². The first-order valence-electron chi connectivity index (χ1n) is 8.65. The number of urea groups is 1. The molecule has 25 heavy (non-hydrogen) atoms. The van der Waals surface area contributed by atoms with Crippen molar-refractivity contribution in [2.75, 3.05) is 13.1 Å². The van der Waals surface area contributed by atoms with Crippen LogP contribution in [0.3, 0.4) is 0 Å². The molecule has 0 unspecified atom stereocenters. The minimum absolute atomic E-state index is 0.0626. The summed E-state index contributed by atoms with van der Waals surface area (Å²) in [5.74, 6) is 0.0626. The van der Waals surface area contributed by atoms with Gasteiger partial charge in [-0.15, -0.1) is 0 Å². The summed E-state index contributed by atoms with van der Waals surface area (Å²) in [7, 11) is 0. The molecule has 0 atom stereocenters. The van der Waals surface area contributed by atoms with Crippen molar-refractivity contribution < 1.29 is 9.59 Å². The second-order valence-electron chi connectivity index (χ2n) is 6.25. The normalized spacial score (nSPS) is 14.8. The van der Waals surface area contributed by atoms with Gasteiger partial charge in [0.05, 0.1) is 0 Å². The molecule has 0 saturated carbocycles. The van der Waals surface area contributed by atoms with Crippen LogP contribution in [0, 0.1) is 0 Å². The molecule has 0 aromatic heterocycles. The molecule has 2 aromatic rings. The maximum atomic E-state index is 12.4. The summed E-state index contributed by atoms with van der Waals surface area (Å²) in [6.07, 6.45) is 1.55. The van der Waals surface area contributed by atoms with Gasteiger partial charge in [-0.1, -0.05) is 48.5 Å². The molecule has 2 aromatic carbocycles. The predicted molar refractivity (Wildman–Crippen MR) is 97.2 cm³/mol. The molecular weight excluding hydrogens is 314 g/mol. The average Bonchev–Trinajstić information content (AvgIpc) is 2.68. The van der Waals surface area contributed by atoms with Crippen LogP contribution in [0.4, 0.5) is 4.79 Å². The highest BCUT2D eigenvalue weighted by molar-refractivity contribution is 5.94. The lowest BCUT2D eigenvalue weighted by molar-refractivity contribution is 0.0708. The number of nitrogens with zero attached hydrogens (tertiary/aromatic N) is 1. The van der Waals surface area contributed by atoms with Gasteiger partial charge >= 0.3 is 6.03 Å². The number of nitrogens with one attached hydrogen (secondary N) is 2. The molecule has 1 fully saturated rings. The van der Waals surface area contributed by atoms with Crippen molar-refractivity contribution in [3.63, 3.8) is 0 Å². The summed E-state index contributed by atoms with van der Waals surface area (Å²) in [5, 5.41) is 5.88. The Bertz CT molecular complexity index is 695. The molecule has 3 rings (SSSR count). The zero-order valence-corrected chi connectivity index (χ0v) is 14.2. The van der Waals surface area contributed by atoms with Crippen molar-refractivity contribution in [3.05, 3.63) is 71.8 Å². The Labute approximate surface area is 148 Å². The van der Waals surface area contributed by atoms with E-state index in [1.165, 1.54) is 0 Å². The second kappa shape index (κ2) is 8.33. The standard InChI is InChI=1S/C20H23N3O2/c24-19(17-9-5-2-6-10-17)23-13-11-18(12-14-23)22-20(25)21-15-16-7-3-1-4-8-16/h1-10,18H,11-15H2,(H2,21,22,25). The molecule has 0 spiro atoms. The fraction of sp³-hybridized carbons (Fsp3) is 0.300. The monoisotopic (exact) mass is 337 g/mol. The van der Waals surface area contributed by atoms with E-state index in [2.05, 4.69) is 10.6 Å². The first-order chi connectivity index (χ1) is 12.2. The number of hydrogen-bond donors (Lipinski definition) is 2. The Morgan fingerprint density at radius 3 is 2.16 bits per heavy atom. The van der Waals surface area contributed by atoms with Crippen LogP contribution in [-0.2, 0) is 6.54 Å². The van der Waals surface area contributed by atoms with Crippen LogP contribution in [0.15, 0.2) is 60.7 Å². The SMILES string of the molecule is O=C(NCc1ccccc1)NC1CCN(C(=O)c2ccccc2)CC1. The molecule has 1 heterocycles. The molecule has 1 aliphatic heterocycles. The molecule has 5 heteroatoms. The van der Waals surface area contributed by atoms with Gasteiger partial charge in [-0.3, -0.25) is 4.79 Å². The topological polar surface area (TPSA) is 61.4 Å². The van der Waals surface area contributed by atoms with E-state index in [-0.39, 0.29) is 18.0 Å². The van der Waals surface area contributed by atoms with Gasteiger partial charge in [0.25, 0.3) is 5.91 Å². The number of amides is 3. The van der Waals surface area contributed by atoms with Crippen molar-refractivity contribution in [2.45, 2.75) is 25.4 Å². The highest BCUT2D eigenvalue weighted by Crippen LogP contribution is 2.14. The molecular formula is C20H23N3O2. The third-order valence-electron chi connectivity index (χ3n) is 4.43. The van der Waals surface area contributed by atoms with Crippen molar-refractivity contribution in [3.8, 4) is 0 Å². The number of benzene rings is 2. The Morgan fingerprint density at radius 1 is 0.920 bits per heavy atom. The molecule has 0 aliphatic carbocycles. The quantitative estimate of drug-likeness (QED) is 0.901. The van der Waals surface area contributed by atoms with Gasteiger partial charge in [-0.25, -0.2) is 4.79 Å². The predicted octanol–water partition coefficient (Wildman–Crippen LogP) is 2.79. The fourth-order valence-corrected chi connectivity index (χ4v) is 3.00.